The van der Waals surface area contributed by atoms with E-state index in [1.54, 1.807) is 0 Å². The van der Waals surface area contributed by atoms with Gasteiger partial charge in [0, 0.05) is 5.39 Å². The standard InChI is InChI=1S/C11H14N2/c1-7(2)9-4-5-11-10(6-9)8(3)12-13-11/h4-7H,1-3H3,(H,12,13). The number of hydrogen-bond acceptors (Lipinski definition) is 1. The maximum absolute atomic E-state index is 4.17. The van der Waals surface area contributed by atoms with E-state index >= 15 is 0 Å². The molecule has 1 aromatic carbocycles. The quantitative estimate of drug-likeness (QED) is 0.707. The van der Waals surface area contributed by atoms with Crippen LogP contribution >= 0.6 is 0 Å². The van der Waals surface area contributed by atoms with E-state index in [2.05, 4.69) is 42.2 Å². The van der Waals surface area contributed by atoms with E-state index in [1.165, 1.54) is 10.9 Å². The number of aromatic amines is 1. The van der Waals surface area contributed by atoms with Gasteiger partial charge in [-0.05, 0) is 30.5 Å². The van der Waals surface area contributed by atoms with Crippen molar-refractivity contribution in [3.63, 3.8) is 0 Å². The van der Waals surface area contributed by atoms with Gasteiger partial charge in [-0.3, -0.25) is 5.10 Å². The summed E-state index contributed by atoms with van der Waals surface area (Å²) >= 11 is 0. The van der Waals surface area contributed by atoms with E-state index in [1.807, 2.05) is 6.92 Å². The molecule has 68 valence electrons. The monoisotopic (exact) mass is 174 g/mol. The van der Waals surface area contributed by atoms with Gasteiger partial charge in [0.05, 0.1) is 11.2 Å². The van der Waals surface area contributed by atoms with Gasteiger partial charge in [-0.25, -0.2) is 0 Å². The summed E-state index contributed by atoms with van der Waals surface area (Å²) in [5.41, 5.74) is 3.58. The average Bonchev–Trinajstić information content (AvgIpc) is 2.47. The van der Waals surface area contributed by atoms with Gasteiger partial charge >= 0.3 is 0 Å². The van der Waals surface area contributed by atoms with Gasteiger partial charge in [0.15, 0.2) is 0 Å². The van der Waals surface area contributed by atoms with Crippen LogP contribution in [0.15, 0.2) is 18.2 Å². The van der Waals surface area contributed by atoms with Gasteiger partial charge in [0.2, 0.25) is 0 Å². The van der Waals surface area contributed by atoms with Gasteiger partial charge in [-0.15, -0.1) is 0 Å². The van der Waals surface area contributed by atoms with Gasteiger partial charge in [-0.1, -0.05) is 19.9 Å². The Morgan fingerprint density at radius 2 is 2.08 bits per heavy atom. The van der Waals surface area contributed by atoms with Crippen molar-refractivity contribution in [1.82, 2.24) is 10.2 Å². The predicted octanol–water partition coefficient (Wildman–Crippen LogP) is 2.99. The first kappa shape index (κ1) is 8.30. The minimum Gasteiger partial charge on any atom is -0.278 e. The zero-order chi connectivity index (χ0) is 9.42. The molecule has 0 unspecified atom stereocenters. The Kier molecular flexibility index (Phi) is 1.83. The molecule has 2 heteroatoms. The fraction of sp³-hybridized carbons (Fsp3) is 0.364. The molecule has 0 aliphatic rings. The minimum absolute atomic E-state index is 0.582. The number of H-pyrrole nitrogens is 1. The van der Waals surface area contributed by atoms with Crippen LogP contribution in [0.4, 0.5) is 0 Å². The lowest BCUT2D eigenvalue weighted by molar-refractivity contribution is 0.868. The summed E-state index contributed by atoms with van der Waals surface area (Å²) < 4.78 is 0. The van der Waals surface area contributed by atoms with Gasteiger partial charge in [0.25, 0.3) is 0 Å². The third-order valence-corrected chi connectivity index (χ3v) is 2.44. The van der Waals surface area contributed by atoms with Crippen molar-refractivity contribution >= 4 is 10.9 Å². The number of nitrogens with one attached hydrogen (secondary N) is 1. The van der Waals surface area contributed by atoms with E-state index in [-0.39, 0.29) is 0 Å². The summed E-state index contributed by atoms with van der Waals surface area (Å²) in [7, 11) is 0. The number of rotatable bonds is 1. The van der Waals surface area contributed by atoms with Crippen LogP contribution in [0.25, 0.3) is 10.9 Å². The Bertz CT molecular complexity index is 427. The molecule has 2 nitrogen and oxygen atoms in total. The van der Waals surface area contributed by atoms with E-state index in [0.717, 1.165) is 11.2 Å². The molecule has 0 atom stereocenters. The molecular formula is C11H14N2. The Morgan fingerprint density at radius 3 is 2.77 bits per heavy atom. The molecule has 0 saturated heterocycles. The fourth-order valence-corrected chi connectivity index (χ4v) is 1.52. The number of aromatic nitrogens is 2. The topological polar surface area (TPSA) is 28.7 Å². The summed E-state index contributed by atoms with van der Waals surface area (Å²) in [5, 5.41) is 8.42. The normalized spacial score (nSPS) is 11.4. The number of aryl methyl sites for hydroxylation is 1. The van der Waals surface area contributed by atoms with E-state index in [0.29, 0.717) is 5.92 Å². The van der Waals surface area contributed by atoms with Crippen molar-refractivity contribution in [3.05, 3.63) is 29.5 Å². The molecule has 0 saturated carbocycles. The first-order chi connectivity index (χ1) is 6.18. The Balaban J connectivity index is 2.66. The van der Waals surface area contributed by atoms with Crippen LogP contribution in [0.2, 0.25) is 0 Å². The second-order valence-electron chi connectivity index (χ2n) is 3.77. The van der Waals surface area contributed by atoms with Crippen molar-refractivity contribution in [3.8, 4) is 0 Å². The van der Waals surface area contributed by atoms with Crippen LogP contribution in [0, 0.1) is 6.92 Å². The summed E-state index contributed by atoms with van der Waals surface area (Å²) in [5.74, 6) is 0.582. The first-order valence-corrected chi connectivity index (χ1v) is 4.63. The molecule has 2 rings (SSSR count). The minimum atomic E-state index is 0.582. The smallest absolute Gasteiger partial charge is 0.0670 e. The summed E-state index contributed by atoms with van der Waals surface area (Å²) in [6.07, 6.45) is 0. The lowest BCUT2D eigenvalue weighted by Crippen LogP contribution is -1.85. The van der Waals surface area contributed by atoms with Crippen LogP contribution in [0.1, 0.15) is 31.0 Å². The lowest BCUT2D eigenvalue weighted by Gasteiger charge is -2.04. The number of fused-ring (bicyclic) bond motifs is 1. The van der Waals surface area contributed by atoms with Crippen molar-refractivity contribution in [2.24, 2.45) is 0 Å². The van der Waals surface area contributed by atoms with Crippen LogP contribution < -0.4 is 0 Å². The zero-order valence-corrected chi connectivity index (χ0v) is 8.26. The van der Waals surface area contributed by atoms with Crippen LogP contribution in [0.5, 0.6) is 0 Å². The zero-order valence-electron chi connectivity index (χ0n) is 8.26. The number of hydrogen-bond donors (Lipinski definition) is 1. The largest absolute Gasteiger partial charge is 0.278 e. The van der Waals surface area contributed by atoms with Crippen LogP contribution in [-0.4, -0.2) is 10.2 Å². The van der Waals surface area contributed by atoms with Gasteiger partial charge < -0.3 is 0 Å². The Labute approximate surface area is 78.0 Å². The second-order valence-corrected chi connectivity index (χ2v) is 3.77. The third kappa shape index (κ3) is 1.32. The predicted molar refractivity (Wildman–Crippen MR) is 54.9 cm³/mol. The maximum Gasteiger partial charge on any atom is 0.0670 e. The van der Waals surface area contributed by atoms with Crippen molar-refractivity contribution in [1.29, 1.82) is 0 Å². The molecule has 1 heterocycles. The Morgan fingerprint density at radius 1 is 1.31 bits per heavy atom. The van der Waals surface area contributed by atoms with Crippen molar-refractivity contribution in [2.75, 3.05) is 0 Å². The number of benzene rings is 1. The molecule has 0 amide bonds. The summed E-state index contributed by atoms with van der Waals surface area (Å²) in [6.45, 7) is 6.44. The molecular weight excluding hydrogens is 160 g/mol. The molecule has 13 heavy (non-hydrogen) atoms. The molecule has 1 aromatic heterocycles. The molecule has 0 aliphatic carbocycles. The van der Waals surface area contributed by atoms with E-state index in [9.17, 15) is 0 Å². The summed E-state index contributed by atoms with van der Waals surface area (Å²) in [4.78, 5) is 0. The van der Waals surface area contributed by atoms with E-state index < -0.39 is 0 Å². The Hall–Kier alpha value is -1.31. The van der Waals surface area contributed by atoms with Crippen molar-refractivity contribution in [2.45, 2.75) is 26.7 Å². The highest BCUT2D eigenvalue weighted by atomic mass is 15.1. The lowest BCUT2D eigenvalue weighted by atomic mass is 10.0. The van der Waals surface area contributed by atoms with Gasteiger partial charge in [-0.2, -0.15) is 5.10 Å². The van der Waals surface area contributed by atoms with Crippen LogP contribution in [0.3, 0.4) is 0 Å². The molecule has 1 N–H and O–H groups in total. The highest BCUT2D eigenvalue weighted by Gasteiger charge is 2.04. The molecule has 0 fully saturated rings. The fourth-order valence-electron chi connectivity index (χ4n) is 1.52. The van der Waals surface area contributed by atoms with Crippen LogP contribution in [-0.2, 0) is 0 Å². The molecule has 0 radical (unpaired) electrons. The third-order valence-electron chi connectivity index (χ3n) is 2.44. The van der Waals surface area contributed by atoms with Gasteiger partial charge in [0.1, 0.15) is 0 Å². The average molecular weight is 174 g/mol. The SMILES string of the molecule is Cc1n[nH]c2ccc(C(C)C)cc12. The highest BCUT2D eigenvalue weighted by Crippen LogP contribution is 2.21. The van der Waals surface area contributed by atoms with E-state index in [4.69, 9.17) is 0 Å². The molecule has 0 aliphatic heterocycles. The summed E-state index contributed by atoms with van der Waals surface area (Å²) in [6, 6.07) is 6.48. The molecule has 0 bridgehead atoms. The molecule has 0 spiro atoms. The highest BCUT2D eigenvalue weighted by molar-refractivity contribution is 5.81. The first-order valence-electron chi connectivity index (χ1n) is 4.63. The molecule has 2 aromatic rings. The van der Waals surface area contributed by atoms with Crippen molar-refractivity contribution < 1.29 is 0 Å². The maximum atomic E-state index is 4.17. The second kappa shape index (κ2) is 2.87. The number of nitrogens with zero attached hydrogens (tertiary/aromatic N) is 1.